The van der Waals surface area contributed by atoms with E-state index in [9.17, 15) is 9.59 Å². The molecule has 4 rings (SSSR count). The van der Waals surface area contributed by atoms with Crippen LogP contribution in [0, 0.1) is 0 Å². The second-order valence-corrected chi connectivity index (χ2v) is 8.17. The van der Waals surface area contributed by atoms with Crippen LogP contribution < -0.4 is 10.3 Å². The third-order valence-electron chi connectivity index (χ3n) is 4.82. The van der Waals surface area contributed by atoms with Crippen LogP contribution in [-0.2, 0) is 0 Å². The fourth-order valence-electron chi connectivity index (χ4n) is 3.26. The predicted octanol–water partition coefficient (Wildman–Crippen LogP) is 3.12. The molecule has 1 aliphatic rings. The molecule has 0 unspecified atom stereocenters. The highest BCUT2D eigenvalue weighted by Gasteiger charge is 2.24. The zero-order valence-corrected chi connectivity index (χ0v) is 16.7. The number of carbonyl (C=O) groups excluding carboxylic acids is 1. The van der Waals surface area contributed by atoms with Crippen molar-refractivity contribution >= 4 is 33.3 Å². The highest BCUT2D eigenvalue weighted by molar-refractivity contribution is 7.15. The Bertz CT molecular complexity index is 1060. The van der Waals surface area contributed by atoms with Crippen LogP contribution in [0.1, 0.15) is 41.7 Å². The molecule has 0 aliphatic carbocycles. The van der Waals surface area contributed by atoms with Crippen LogP contribution in [0.15, 0.2) is 39.5 Å². The molecule has 1 aromatic carbocycles. The second-order valence-electron chi connectivity index (χ2n) is 7.18. The Hall–Kier alpha value is -2.74. The third kappa shape index (κ3) is 3.64. The van der Waals surface area contributed by atoms with Crippen LogP contribution in [0.4, 0.5) is 5.13 Å². The maximum Gasteiger partial charge on any atom is 0.289 e. The monoisotopic (exact) mass is 398 g/mol. The highest BCUT2D eigenvalue weighted by atomic mass is 32.1. The molecule has 0 spiro atoms. The summed E-state index contributed by atoms with van der Waals surface area (Å²) in [6.45, 7) is 6.86. The normalized spacial score (nSPS) is 15.2. The lowest BCUT2D eigenvalue weighted by atomic mass is 10.2. The van der Waals surface area contributed by atoms with E-state index in [2.05, 4.69) is 28.9 Å². The van der Waals surface area contributed by atoms with Crippen molar-refractivity contribution in [3.05, 3.63) is 51.3 Å². The summed E-state index contributed by atoms with van der Waals surface area (Å²) >= 11 is 1.61. The van der Waals surface area contributed by atoms with Crippen molar-refractivity contribution in [2.75, 3.05) is 31.1 Å². The van der Waals surface area contributed by atoms with Gasteiger partial charge in [0.05, 0.1) is 5.39 Å². The Kier molecular flexibility index (Phi) is 5.13. The van der Waals surface area contributed by atoms with Gasteiger partial charge in [0.1, 0.15) is 10.6 Å². The van der Waals surface area contributed by atoms with Crippen molar-refractivity contribution in [2.24, 2.45) is 0 Å². The van der Waals surface area contributed by atoms with Gasteiger partial charge in [-0.3, -0.25) is 9.59 Å². The molecule has 1 amide bonds. The zero-order chi connectivity index (χ0) is 19.7. The molecule has 28 heavy (non-hydrogen) atoms. The minimum Gasteiger partial charge on any atom is -0.451 e. The first-order valence-electron chi connectivity index (χ1n) is 9.43. The van der Waals surface area contributed by atoms with E-state index in [1.165, 1.54) is 6.07 Å². The molecule has 1 fully saturated rings. The number of hydrogen-bond acceptors (Lipinski definition) is 7. The summed E-state index contributed by atoms with van der Waals surface area (Å²) in [5, 5.41) is 11.0. The molecule has 3 aromatic rings. The number of amides is 1. The number of carbonyl (C=O) groups is 1. The van der Waals surface area contributed by atoms with Gasteiger partial charge in [0.2, 0.25) is 5.13 Å². The molecule has 146 valence electrons. The average molecular weight is 398 g/mol. The number of fused-ring (bicyclic) bond motifs is 1. The summed E-state index contributed by atoms with van der Waals surface area (Å²) in [5.41, 5.74) is 0.238. The van der Waals surface area contributed by atoms with Crippen molar-refractivity contribution in [1.29, 1.82) is 0 Å². The lowest BCUT2D eigenvalue weighted by molar-refractivity contribution is 0.0735. The summed E-state index contributed by atoms with van der Waals surface area (Å²) in [7, 11) is 0. The summed E-state index contributed by atoms with van der Waals surface area (Å²) in [6.07, 6.45) is 0.820. The van der Waals surface area contributed by atoms with Crippen LogP contribution >= 0.6 is 11.3 Å². The standard InChI is InChI=1S/C20H22N4O3S/c1-13(2)18-21-22-20(28-18)24-9-5-8-23(10-11-24)19(26)17-12-15(25)14-6-3-4-7-16(14)27-17/h3-4,6-7,12-13H,5,8-11H2,1-2H3. The molecule has 0 radical (unpaired) electrons. The molecule has 1 saturated heterocycles. The van der Waals surface area contributed by atoms with Crippen LogP contribution in [0.5, 0.6) is 0 Å². The third-order valence-corrected chi connectivity index (χ3v) is 6.11. The van der Waals surface area contributed by atoms with Gasteiger partial charge in [0.25, 0.3) is 5.91 Å². The summed E-state index contributed by atoms with van der Waals surface area (Å²) in [6, 6.07) is 8.28. The fraction of sp³-hybridized carbons (Fsp3) is 0.400. The van der Waals surface area contributed by atoms with Gasteiger partial charge in [-0.2, -0.15) is 0 Å². The van der Waals surface area contributed by atoms with Gasteiger partial charge >= 0.3 is 0 Å². The van der Waals surface area contributed by atoms with Gasteiger partial charge in [0.15, 0.2) is 11.2 Å². The van der Waals surface area contributed by atoms with Crippen LogP contribution in [-0.4, -0.2) is 47.2 Å². The first kappa shape index (κ1) is 18.6. The molecule has 2 aromatic heterocycles. The van der Waals surface area contributed by atoms with E-state index in [4.69, 9.17) is 4.42 Å². The van der Waals surface area contributed by atoms with Crippen LogP contribution in [0.2, 0.25) is 0 Å². The van der Waals surface area contributed by atoms with E-state index in [-0.39, 0.29) is 17.1 Å². The molecule has 7 nitrogen and oxygen atoms in total. The largest absolute Gasteiger partial charge is 0.451 e. The number of anilines is 1. The number of para-hydroxylation sites is 1. The smallest absolute Gasteiger partial charge is 0.289 e. The molecular formula is C20H22N4O3S. The molecule has 0 atom stereocenters. The molecule has 0 bridgehead atoms. The second kappa shape index (κ2) is 7.71. The lowest BCUT2D eigenvalue weighted by Crippen LogP contribution is -2.35. The summed E-state index contributed by atoms with van der Waals surface area (Å²) < 4.78 is 5.71. The Morgan fingerprint density at radius 3 is 2.75 bits per heavy atom. The van der Waals surface area contributed by atoms with Crippen molar-refractivity contribution in [3.63, 3.8) is 0 Å². The number of aromatic nitrogens is 2. The molecule has 3 heterocycles. The SMILES string of the molecule is CC(C)c1nnc(N2CCCN(C(=O)c3cc(=O)c4ccccc4o3)CC2)s1. The number of rotatable bonds is 3. The Morgan fingerprint density at radius 1 is 1.14 bits per heavy atom. The van der Waals surface area contributed by atoms with Gasteiger partial charge in [-0.05, 0) is 18.6 Å². The van der Waals surface area contributed by atoms with Crippen molar-refractivity contribution in [2.45, 2.75) is 26.2 Å². The molecule has 0 saturated carbocycles. The fourth-order valence-corrected chi connectivity index (χ4v) is 4.16. The van der Waals surface area contributed by atoms with Crippen molar-refractivity contribution in [3.8, 4) is 0 Å². The van der Waals surface area contributed by atoms with E-state index in [0.29, 0.717) is 36.5 Å². The van der Waals surface area contributed by atoms with Crippen LogP contribution in [0.3, 0.4) is 0 Å². The molecule has 1 aliphatic heterocycles. The van der Waals surface area contributed by atoms with Crippen LogP contribution in [0.25, 0.3) is 11.0 Å². The summed E-state index contributed by atoms with van der Waals surface area (Å²) in [5.74, 6) is 0.201. The van der Waals surface area contributed by atoms with E-state index < -0.39 is 0 Å². The number of hydrogen-bond donors (Lipinski definition) is 0. The molecular weight excluding hydrogens is 376 g/mol. The van der Waals surface area contributed by atoms with Gasteiger partial charge in [-0.1, -0.05) is 37.3 Å². The first-order valence-corrected chi connectivity index (χ1v) is 10.2. The molecule has 8 heteroatoms. The maximum absolute atomic E-state index is 12.9. The predicted molar refractivity (Wildman–Crippen MR) is 109 cm³/mol. The van der Waals surface area contributed by atoms with E-state index in [0.717, 1.165) is 23.1 Å². The minimum absolute atomic E-state index is 0.0927. The quantitative estimate of drug-likeness (QED) is 0.674. The van der Waals surface area contributed by atoms with Crippen molar-refractivity contribution < 1.29 is 9.21 Å². The average Bonchev–Trinajstić information content (AvgIpc) is 3.06. The first-order chi connectivity index (χ1) is 13.5. The number of benzene rings is 1. The van der Waals surface area contributed by atoms with Crippen molar-refractivity contribution in [1.82, 2.24) is 15.1 Å². The van der Waals surface area contributed by atoms with E-state index in [1.54, 1.807) is 40.5 Å². The summed E-state index contributed by atoms with van der Waals surface area (Å²) in [4.78, 5) is 29.2. The maximum atomic E-state index is 12.9. The molecule has 0 N–H and O–H groups in total. The lowest BCUT2D eigenvalue weighted by Gasteiger charge is -2.21. The van der Waals surface area contributed by atoms with E-state index >= 15 is 0 Å². The Morgan fingerprint density at radius 2 is 1.96 bits per heavy atom. The van der Waals surface area contributed by atoms with Gasteiger partial charge in [-0.15, -0.1) is 10.2 Å². The number of nitrogens with zero attached hydrogens (tertiary/aromatic N) is 4. The highest BCUT2D eigenvalue weighted by Crippen LogP contribution is 2.26. The topological polar surface area (TPSA) is 79.5 Å². The Balaban J connectivity index is 1.51. The van der Waals surface area contributed by atoms with Gasteiger partial charge in [0, 0.05) is 38.2 Å². The van der Waals surface area contributed by atoms with Gasteiger partial charge in [-0.25, -0.2) is 0 Å². The van der Waals surface area contributed by atoms with Gasteiger partial charge < -0.3 is 14.2 Å². The van der Waals surface area contributed by atoms with E-state index in [1.807, 2.05) is 0 Å². The minimum atomic E-state index is -0.246. The Labute approximate surface area is 166 Å². The zero-order valence-electron chi connectivity index (χ0n) is 15.9.